The zero-order valence-corrected chi connectivity index (χ0v) is 4.26. The highest BCUT2D eigenvalue weighted by molar-refractivity contribution is 5.37. The van der Waals surface area contributed by atoms with Crippen LogP contribution in [0.2, 0.25) is 0 Å². The van der Waals surface area contributed by atoms with Crippen LogP contribution in [0.15, 0.2) is 12.7 Å². The van der Waals surface area contributed by atoms with Crippen molar-refractivity contribution in [1.29, 1.82) is 0 Å². The summed E-state index contributed by atoms with van der Waals surface area (Å²) in [4.78, 5) is 9.50. The molecule has 7 heavy (non-hydrogen) atoms. The normalized spacial score (nSPS) is 12.1. The van der Waals surface area contributed by atoms with Crippen molar-refractivity contribution in [2.75, 3.05) is 0 Å². The first-order valence-electron chi connectivity index (χ1n) is 2.03. The van der Waals surface area contributed by atoms with Crippen LogP contribution in [0.4, 0.5) is 0 Å². The summed E-state index contributed by atoms with van der Waals surface area (Å²) >= 11 is 0. The number of rotatable bonds is 3. The molecule has 0 aliphatic carbocycles. The first-order valence-corrected chi connectivity index (χ1v) is 2.03. The molecule has 0 aliphatic heterocycles. The molecule has 0 radical (unpaired) electrons. The number of carbonyl (C=O) groups is 1. The summed E-state index contributed by atoms with van der Waals surface area (Å²) in [5.74, 6) is 0. The Hall–Kier alpha value is -0.790. The van der Waals surface area contributed by atoms with Crippen molar-refractivity contribution in [3.8, 4) is 0 Å². The Morgan fingerprint density at radius 2 is 2.43 bits per heavy atom. The molecule has 0 amide bonds. The van der Waals surface area contributed by atoms with E-state index in [2.05, 4.69) is 11.3 Å². The lowest BCUT2D eigenvalue weighted by Crippen LogP contribution is -2.00. The van der Waals surface area contributed by atoms with Gasteiger partial charge in [0.25, 0.3) is 6.47 Å². The van der Waals surface area contributed by atoms with Crippen LogP contribution in [0.3, 0.4) is 0 Å². The summed E-state index contributed by atoms with van der Waals surface area (Å²) in [6.07, 6.45) is 1.39. The number of carbonyl (C=O) groups excluding carboxylic acids is 1. The van der Waals surface area contributed by atoms with E-state index >= 15 is 0 Å². The van der Waals surface area contributed by atoms with Gasteiger partial charge >= 0.3 is 0 Å². The predicted octanol–water partition coefficient (Wildman–Crippen LogP) is 0.734. The molecule has 0 spiro atoms. The zero-order chi connectivity index (χ0) is 5.70. The van der Waals surface area contributed by atoms with Crippen LogP contribution in [0, 0.1) is 0 Å². The average molecular weight is 100 g/mol. The third-order valence-corrected chi connectivity index (χ3v) is 0.602. The van der Waals surface area contributed by atoms with E-state index in [4.69, 9.17) is 0 Å². The fraction of sp³-hybridized carbons (Fsp3) is 0.400. The summed E-state index contributed by atoms with van der Waals surface area (Å²) in [5.41, 5.74) is 0. The smallest absolute Gasteiger partial charge is 0.293 e. The molecule has 0 aromatic heterocycles. The second kappa shape index (κ2) is 3.40. The van der Waals surface area contributed by atoms with E-state index in [9.17, 15) is 4.79 Å². The average Bonchev–Trinajstić information content (AvgIpc) is 1.68. The molecule has 1 unspecified atom stereocenters. The highest BCUT2D eigenvalue weighted by Crippen LogP contribution is 1.84. The van der Waals surface area contributed by atoms with Gasteiger partial charge in [-0.15, -0.1) is 0 Å². The van der Waals surface area contributed by atoms with Gasteiger partial charge in [0.2, 0.25) is 0 Å². The van der Waals surface area contributed by atoms with Crippen LogP contribution in [-0.4, -0.2) is 12.6 Å². The van der Waals surface area contributed by atoms with Crippen molar-refractivity contribution < 1.29 is 9.53 Å². The van der Waals surface area contributed by atoms with Gasteiger partial charge in [-0.1, -0.05) is 12.7 Å². The molecule has 0 aromatic rings. The summed E-state index contributed by atoms with van der Waals surface area (Å²) in [6, 6.07) is 0. The molecule has 0 heterocycles. The molecule has 0 aromatic carbocycles. The fourth-order valence-corrected chi connectivity index (χ4v) is 0.143. The van der Waals surface area contributed by atoms with Crippen LogP contribution in [0.1, 0.15) is 6.92 Å². The van der Waals surface area contributed by atoms with Crippen molar-refractivity contribution in [1.82, 2.24) is 0 Å². The summed E-state index contributed by atoms with van der Waals surface area (Å²) in [7, 11) is 0. The number of hydrogen-bond acceptors (Lipinski definition) is 2. The van der Waals surface area contributed by atoms with Crippen LogP contribution >= 0.6 is 0 Å². The van der Waals surface area contributed by atoms with Crippen LogP contribution in [0.25, 0.3) is 0 Å². The van der Waals surface area contributed by atoms with Gasteiger partial charge < -0.3 is 4.74 Å². The molecule has 0 saturated heterocycles. The molecule has 1 atom stereocenters. The maximum atomic E-state index is 9.50. The van der Waals surface area contributed by atoms with E-state index in [1.807, 2.05) is 0 Å². The van der Waals surface area contributed by atoms with Crippen LogP contribution in [-0.2, 0) is 9.53 Å². The van der Waals surface area contributed by atoms with Gasteiger partial charge in [-0.25, -0.2) is 0 Å². The molecule has 0 fully saturated rings. The Labute approximate surface area is 42.8 Å². The van der Waals surface area contributed by atoms with E-state index in [0.717, 1.165) is 0 Å². The quantitative estimate of drug-likeness (QED) is 0.386. The Morgan fingerprint density at radius 1 is 1.86 bits per heavy atom. The van der Waals surface area contributed by atoms with Crippen molar-refractivity contribution in [2.24, 2.45) is 0 Å². The van der Waals surface area contributed by atoms with Crippen molar-refractivity contribution >= 4 is 6.47 Å². The molecule has 0 bridgehead atoms. The minimum Gasteiger partial charge on any atom is -0.461 e. The Kier molecular flexibility index (Phi) is 3.02. The highest BCUT2D eigenvalue weighted by atomic mass is 16.5. The molecule has 0 aliphatic rings. The lowest BCUT2D eigenvalue weighted by molar-refractivity contribution is -0.130. The second-order valence-corrected chi connectivity index (χ2v) is 1.17. The Morgan fingerprint density at radius 3 is 2.57 bits per heavy atom. The fourth-order valence-electron chi connectivity index (χ4n) is 0.143. The first kappa shape index (κ1) is 6.21. The summed E-state index contributed by atoms with van der Waals surface area (Å²) in [6.45, 7) is 5.54. The minimum absolute atomic E-state index is 0.155. The monoisotopic (exact) mass is 100 g/mol. The number of ether oxygens (including phenoxy) is 1. The third-order valence-electron chi connectivity index (χ3n) is 0.602. The van der Waals surface area contributed by atoms with Crippen LogP contribution < -0.4 is 0 Å². The Bertz CT molecular complexity index is 68.5. The van der Waals surface area contributed by atoms with E-state index in [1.54, 1.807) is 13.0 Å². The lowest BCUT2D eigenvalue weighted by Gasteiger charge is -1.98. The molecule has 0 N–H and O–H groups in total. The topological polar surface area (TPSA) is 26.3 Å². The van der Waals surface area contributed by atoms with Crippen molar-refractivity contribution in [3.63, 3.8) is 0 Å². The predicted molar refractivity (Wildman–Crippen MR) is 26.8 cm³/mol. The SMILES string of the molecule is C=CC(C)OC=O. The van der Waals surface area contributed by atoms with Crippen molar-refractivity contribution in [2.45, 2.75) is 13.0 Å². The first-order chi connectivity index (χ1) is 3.31. The second-order valence-electron chi connectivity index (χ2n) is 1.17. The summed E-state index contributed by atoms with van der Waals surface area (Å²) in [5, 5.41) is 0. The van der Waals surface area contributed by atoms with Crippen LogP contribution in [0.5, 0.6) is 0 Å². The summed E-state index contributed by atoms with van der Waals surface area (Å²) < 4.78 is 4.39. The van der Waals surface area contributed by atoms with Gasteiger partial charge in [0.15, 0.2) is 0 Å². The Balaban J connectivity index is 3.15. The van der Waals surface area contributed by atoms with Gasteiger partial charge in [0, 0.05) is 0 Å². The molecular weight excluding hydrogens is 92.1 g/mol. The standard InChI is InChI=1S/C5H8O2/c1-3-5(2)7-4-6/h3-5H,1H2,2H3. The maximum absolute atomic E-state index is 9.50. The van der Waals surface area contributed by atoms with Gasteiger partial charge in [-0.2, -0.15) is 0 Å². The molecule has 40 valence electrons. The molecular formula is C5H8O2. The molecule has 2 nitrogen and oxygen atoms in total. The largest absolute Gasteiger partial charge is 0.461 e. The van der Waals surface area contributed by atoms with E-state index in [-0.39, 0.29) is 6.10 Å². The maximum Gasteiger partial charge on any atom is 0.293 e. The number of hydrogen-bond donors (Lipinski definition) is 0. The third kappa shape index (κ3) is 3.03. The van der Waals surface area contributed by atoms with E-state index in [1.165, 1.54) is 0 Å². The lowest BCUT2D eigenvalue weighted by atomic mass is 10.4. The van der Waals surface area contributed by atoms with Gasteiger partial charge in [0.05, 0.1) is 0 Å². The van der Waals surface area contributed by atoms with Gasteiger partial charge in [-0.05, 0) is 6.92 Å². The molecule has 2 heteroatoms. The minimum atomic E-state index is -0.155. The molecule has 0 saturated carbocycles. The van der Waals surface area contributed by atoms with Crippen molar-refractivity contribution in [3.05, 3.63) is 12.7 Å². The van der Waals surface area contributed by atoms with Gasteiger partial charge in [0.1, 0.15) is 6.10 Å². The zero-order valence-electron chi connectivity index (χ0n) is 4.26. The van der Waals surface area contributed by atoms with Gasteiger partial charge in [-0.3, -0.25) is 4.79 Å². The van der Waals surface area contributed by atoms with E-state index in [0.29, 0.717) is 6.47 Å². The molecule has 0 rings (SSSR count). The van der Waals surface area contributed by atoms with E-state index < -0.39 is 0 Å². The highest BCUT2D eigenvalue weighted by Gasteiger charge is 1.87.